The van der Waals surface area contributed by atoms with Crippen LogP contribution in [0, 0.1) is 10.1 Å². The maximum Gasteiger partial charge on any atom is 0.283 e. The van der Waals surface area contributed by atoms with Crippen LogP contribution in [0.2, 0.25) is 0 Å². The van der Waals surface area contributed by atoms with Crippen molar-refractivity contribution in [1.82, 2.24) is 4.98 Å². The van der Waals surface area contributed by atoms with Gasteiger partial charge < -0.3 is 11.1 Å². The van der Waals surface area contributed by atoms with Gasteiger partial charge in [-0.05, 0) is 23.3 Å². The van der Waals surface area contributed by atoms with Crippen molar-refractivity contribution in [3.8, 4) is 22.4 Å². The predicted molar refractivity (Wildman–Crippen MR) is 134 cm³/mol. The van der Waals surface area contributed by atoms with Gasteiger partial charge in [0.2, 0.25) is 11.8 Å². The van der Waals surface area contributed by atoms with E-state index in [0.29, 0.717) is 5.13 Å². The third-order valence-electron chi connectivity index (χ3n) is 4.84. The molecular weight excluding hydrogens is 472 g/mol. The third kappa shape index (κ3) is 5.48. The van der Waals surface area contributed by atoms with Crippen LogP contribution < -0.4 is 11.1 Å². The summed E-state index contributed by atoms with van der Waals surface area (Å²) in [5.41, 5.74) is 8.84. The predicted octanol–water partition coefficient (Wildman–Crippen LogP) is 5.22. The van der Waals surface area contributed by atoms with Gasteiger partial charge in [0.1, 0.15) is 0 Å². The molecule has 0 fully saturated rings. The summed E-state index contributed by atoms with van der Waals surface area (Å²) in [6, 6.07) is 22.0. The third-order valence-corrected chi connectivity index (χ3v) is 6.66. The van der Waals surface area contributed by atoms with Gasteiger partial charge in [0.15, 0.2) is 5.13 Å². The number of carbonyl (C=O) groups excluding carboxylic acids is 2. The lowest BCUT2D eigenvalue weighted by Gasteiger charge is -2.05. The number of nitrogens with zero attached hydrogens (tertiary/aromatic N) is 2. The molecule has 0 aliphatic carbocycles. The maximum absolute atomic E-state index is 12.4. The Morgan fingerprint density at radius 2 is 1.68 bits per heavy atom. The van der Waals surface area contributed by atoms with Crippen LogP contribution in [0.1, 0.15) is 10.4 Å². The lowest BCUT2D eigenvalue weighted by atomic mass is 10.0. The summed E-state index contributed by atoms with van der Waals surface area (Å²) in [6.07, 6.45) is 0. The average molecular weight is 491 g/mol. The first kappa shape index (κ1) is 23.1. The Hall–Kier alpha value is -4.02. The molecular formula is C24H18N4O4S2. The van der Waals surface area contributed by atoms with E-state index >= 15 is 0 Å². The summed E-state index contributed by atoms with van der Waals surface area (Å²) in [7, 11) is 0. The van der Waals surface area contributed by atoms with Crippen LogP contribution in [0.15, 0.2) is 83.1 Å². The number of carbonyl (C=O) groups is 2. The molecule has 0 unspecified atom stereocenters. The number of amides is 2. The monoisotopic (exact) mass is 490 g/mol. The fourth-order valence-electron chi connectivity index (χ4n) is 3.16. The van der Waals surface area contributed by atoms with Crippen molar-refractivity contribution in [2.45, 2.75) is 4.90 Å². The zero-order valence-electron chi connectivity index (χ0n) is 17.6. The topological polar surface area (TPSA) is 128 Å². The van der Waals surface area contributed by atoms with Crippen molar-refractivity contribution in [2.75, 3.05) is 11.1 Å². The molecule has 0 spiro atoms. The van der Waals surface area contributed by atoms with Gasteiger partial charge in [0, 0.05) is 22.6 Å². The normalized spacial score (nSPS) is 10.6. The lowest BCUT2D eigenvalue weighted by molar-refractivity contribution is -0.387. The minimum atomic E-state index is -0.758. The number of nitro benzene ring substituents is 1. The summed E-state index contributed by atoms with van der Waals surface area (Å²) in [5.74, 6) is -1.16. The number of benzene rings is 3. The Kier molecular flexibility index (Phi) is 7.00. The highest BCUT2D eigenvalue weighted by Crippen LogP contribution is 2.31. The van der Waals surface area contributed by atoms with E-state index in [4.69, 9.17) is 5.73 Å². The van der Waals surface area contributed by atoms with Crippen LogP contribution in [0.3, 0.4) is 0 Å². The van der Waals surface area contributed by atoms with E-state index in [2.05, 4.69) is 10.3 Å². The Morgan fingerprint density at radius 1 is 1.00 bits per heavy atom. The number of nitrogens with two attached hydrogens (primary N) is 1. The van der Waals surface area contributed by atoms with E-state index in [-0.39, 0.29) is 27.8 Å². The molecule has 3 N–H and O–H groups in total. The van der Waals surface area contributed by atoms with E-state index in [1.165, 1.54) is 23.5 Å². The Bertz CT molecular complexity index is 1360. The van der Waals surface area contributed by atoms with Gasteiger partial charge in [-0.15, -0.1) is 23.1 Å². The van der Waals surface area contributed by atoms with E-state index in [9.17, 15) is 19.7 Å². The number of thioether (sulfide) groups is 1. The summed E-state index contributed by atoms with van der Waals surface area (Å²) in [4.78, 5) is 39.1. The first-order chi connectivity index (χ1) is 16.4. The van der Waals surface area contributed by atoms with Crippen LogP contribution >= 0.6 is 23.1 Å². The smallest absolute Gasteiger partial charge is 0.283 e. The van der Waals surface area contributed by atoms with Crippen molar-refractivity contribution in [3.05, 3.63) is 93.9 Å². The summed E-state index contributed by atoms with van der Waals surface area (Å²) < 4.78 is 0. The number of hydrogen-bond acceptors (Lipinski definition) is 7. The fourth-order valence-corrected chi connectivity index (χ4v) is 4.70. The van der Waals surface area contributed by atoms with E-state index in [0.717, 1.165) is 40.2 Å². The number of hydrogen-bond donors (Lipinski definition) is 2. The molecule has 1 heterocycles. The van der Waals surface area contributed by atoms with Crippen LogP contribution in [-0.2, 0) is 4.79 Å². The zero-order valence-corrected chi connectivity index (χ0v) is 19.3. The highest BCUT2D eigenvalue weighted by Gasteiger charge is 2.18. The van der Waals surface area contributed by atoms with Crippen LogP contribution in [0.25, 0.3) is 22.4 Å². The average Bonchev–Trinajstić information content (AvgIpc) is 3.31. The van der Waals surface area contributed by atoms with Gasteiger partial charge in [0.25, 0.3) is 5.69 Å². The zero-order chi connectivity index (χ0) is 24.1. The molecule has 34 heavy (non-hydrogen) atoms. The second-order valence-corrected chi connectivity index (χ2v) is 9.00. The summed E-state index contributed by atoms with van der Waals surface area (Å²) in [6.45, 7) is 0. The van der Waals surface area contributed by atoms with Crippen molar-refractivity contribution >= 4 is 45.7 Å². The van der Waals surface area contributed by atoms with Crippen molar-refractivity contribution in [1.29, 1.82) is 0 Å². The molecule has 8 nitrogen and oxygen atoms in total. The second kappa shape index (κ2) is 10.3. The first-order valence-corrected chi connectivity index (χ1v) is 11.9. The fraction of sp³-hybridized carbons (Fsp3) is 0.0417. The van der Waals surface area contributed by atoms with Crippen LogP contribution in [0.5, 0.6) is 0 Å². The van der Waals surface area contributed by atoms with Gasteiger partial charge in [0.05, 0.1) is 21.3 Å². The van der Waals surface area contributed by atoms with Crippen molar-refractivity contribution < 1.29 is 14.5 Å². The first-order valence-electron chi connectivity index (χ1n) is 10.0. The van der Waals surface area contributed by atoms with Crippen molar-refractivity contribution in [3.63, 3.8) is 0 Å². The number of anilines is 1. The standard InChI is InChI=1S/C24H18N4O4S2/c25-23(30)18-10-11-21(20(12-18)28(31)32)33-14-22(29)27-24-26-19(13-34-24)17-8-6-16(7-9-17)15-4-2-1-3-5-15/h1-13H,14H2,(H2,25,30)(H,26,27,29). The quantitative estimate of drug-likeness (QED) is 0.198. The summed E-state index contributed by atoms with van der Waals surface area (Å²) >= 11 is 2.29. The SMILES string of the molecule is NC(=O)c1ccc(SCC(=O)Nc2nc(-c3ccc(-c4ccccc4)cc3)cs2)c([N+](=O)[O-])c1. The van der Waals surface area contributed by atoms with E-state index < -0.39 is 10.8 Å². The van der Waals surface area contributed by atoms with E-state index in [1.54, 1.807) is 0 Å². The highest BCUT2D eigenvalue weighted by atomic mass is 32.2. The molecule has 0 atom stereocenters. The van der Waals surface area contributed by atoms with Gasteiger partial charge >= 0.3 is 0 Å². The minimum absolute atomic E-state index is 0.0348. The number of primary amides is 1. The molecule has 1 aromatic heterocycles. The number of aromatic nitrogens is 1. The van der Waals surface area contributed by atoms with E-state index in [1.807, 2.05) is 60.0 Å². The van der Waals surface area contributed by atoms with Gasteiger partial charge in [-0.1, -0.05) is 54.6 Å². The molecule has 0 aliphatic rings. The largest absolute Gasteiger partial charge is 0.366 e. The highest BCUT2D eigenvalue weighted by molar-refractivity contribution is 8.00. The lowest BCUT2D eigenvalue weighted by Crippen LogP contribution is -2.14. The van der Waals surface area contributed by atoms with Gasteiger partial charge in [-0.2, -0.15) is 0 Å². The maximum atomic E-state index is 12.4. The molecule has 2 amide bonds. The molecule has 0 radical (unpaired) electrons. The second-order valence-electron chi connectivity index (χ2n) is 7.12. The molecule has 0 saturated heterocycles. The van der Waals surface area contributed by atoms with Gasteiger partial charge in [-0.25, -0.2) is 4.98 Å². The van der Waals surface area contributed by atoms with Crippen molar-refractivity contribution in [2.24, 2.45) is 5.73 Å². The molecule has 10 heteroatoms. The van der Waals surface area contributed by atoms with Crippen LogP contribution in [0.4, 0.5) is 10.8 Å². The Morgan fingerprint density at radius 3 is 2.35 bits per heavy atom. The number of nitrogens with one attached hydrogen (secondary N) is 1. The number of rotatable bonds is 8. The molecule has 4 aromatic rings. The molecule has 4 rings (SSSR count). The molecule has 0 bridgehead atoms. The molecule has 3 aromatic carbocycles. The Balaban J connectivity index is 1.38. The molecule has 0 saturated carbocycles. The minimum Gasteiger partial charge on any atom is -0.366 e. The van der Waals surface area contributed by atoms with Crippen LogP contribution in [-0.4, -0.2) is 27.5 Å². The summed E-state index contributed by atoms with van der Waals surface area (Å²) in [5, 5.41) is 16.3. The molecule has 0 aliphatic heterocycles. The Labute approximate surface area is 203 Å². The number of nitro groups is 1. The van der Waals surface area contributed by atoms with Gasteiger partial charge in [-0.3, -0.25) is 19.7 Å². The molecule has 170 valence electrons. The number of thiazole rings is 1.